The smallest absolute Gasteiger partial charge is 0.724 e. The van der Waals surface area contributed by atoms with Crippen LogP contribution in [0.4, 0.5) is 9.59 Å². The molecule has 14 nitrogen and oxygen atoms in total. The Morgan fingerprint density at radius 1 is 0.594 bits per heavy atom. The van der Waals surface area contributed by atoms with Gasteiger partial charge in [-0.2, -0.15) is 19.4 Å². The van der Waals surface area contributed by atoms with Crippen molar-refractivity contribution in [1.29, 1.82) is 0 Å². The van der Waals surface area contributed by atoms with Crippen molar-refractivity contribution in [3.8, 4) is 0 Å². The largest absolute Gasteiger partial charge is 1.00 e. The number of hydrogen-bond acceptors (Lipinski definition) is 14. The molecule has 0 N–H and O–H groups in total. The maximum atomic E-state index is 11.3. The average molecular weight is 557 g/mol. The summed E-state index contributed by atoms with van der Waals surface area (Å²) in [6.07, 6.45) is 7.64. The summed E-state index contributed by atoms with van der Waals surface area (Å²) in [5.74, 6) is 0. The minimum Gasteiger partial charge on any atom is -0.724 e. The fourth-order valence-electron chi connectivity index (χ4n) is 2.81. The molecule has 32 heavy (non-hydrogen) atoms. The van der Waals surface area contributed by atoms with Crippen LogP contribution in [0.3, 0.4) is 0 Å². The summed E-state index contributed by atoms with van der Waals surface area (Å²) in [4.78, 5) is 31.3. The molecule has 2 saturated carbocycles. The summed E-state index contributed by atoms with van der Waals surface area (Å²) >= 11 is 0. The maximum absolute atomic E-state index is 11.3. The van der Waals surface area contributed by atoms with E-state index in [1.54, 1.807) is 0 Å². The molecule has 0 aliphatic heterocycles. The third kappa shape index (κ3) is 20.9. The zero-order valence-electron chi connectivity index (χ0n) is 17.8. The molecule has 2 aliphatic rings. The molecule has 176 valence electrons. The Bertz CT molecular complexity index is 681. The molecule has 2 rings (SSSR count). The van der Waals surface area contributed by atoms with Gasteiger partial charge in [-0.05, 0) is 51.4 Å². The van der Waals surface area contributed by atoms with Crippen LogP contribution in [0.25, 0.3) is 0 Å². The van der Waals surface area contributed by atoms with Gasteiger partial charge in [-0.15, -0.1) is 8.67 Å². The third-order valence-corrected chi connectivity index (χ3v) is 4.56. The van der Waals surface area contributed by atoms with E-state index in [1.807, 2.05) is 0 Å². The van der Waals surface area contributed by atoms with E-state index in [0.717, 1.165) is 51.4 Å². The molecule has 2 fully saturated rings. The van der Waals surface area contributed by atoms with Crippen LogP contribution < -0.4 is 103 Å². The first-order chi connectivity index (χ1) is 13.9. The molecule has 0 radical (unpaired) electrons. The Hall–Kier alpha value is 1.55. The van der Waals surface area contributed by atoms with Crippen molar-refractivity contribution in [1.82, 2.24) is 0 Å². The zero-order chi connectivity index (χ0) is 22.6. The molecule has 0 heterocycles. The van der Waals surface area contributed by atoms with Gasteiger partial charge in [0.25, 0.3) is 0 Å². The van der Waals surface area contributed by atoms with Crippen molar-refractivity contribution in [2.45, 2.75) is 76.4 Å². The first kappa shape index (κ1) is 35.7. The van der Waals surface area contributed by atoms with Gasteiger partial charge in [-0.25, -0.2) is 16.8 Å². The fourth-order valence-corrected chi connectivity index (χ4v) is 3.36. The van der Waals surface area contributed by atoms with E-state index in [9.17, 15) is 35.5 Å². The maximum Gasteiger partial charge on any atom is 1.00 e. The predicted molar refractivity (Wildman–Crippen MR) is 90.4 cm³/mol. The SMILES string of the molecule is O=C(OOC(=O)OC1CCCCC1)OC1CCCCC1.O=S(=O)([O-])OOS(=O)(=O)[O-].[K+].[K+]. The molecule has 0 spiro atoms. The van der Waals surface area contributed by atoms with Gasteiger partial charge in [-0.3, -0.25) is 0 Å². The number of carbonyl (C=O) groups is 2. The van der Waals surface area contributed by atoms with E-state index in [1.165, 1.54) is 12.8 Å². The monoisotopic (exact) mass is 556 g/mol. The average Bonchev–Trinajstić information content (AvgIpc) is 2.66. The van der Waals surface area contributed by atoms with Crippen molar-refractivity contribution in [2.24, 2.45) is 0 Å². The summed E-state index contributed by atoms with van der Waals surface area (Å²) in [5, 5.41) is 0. The van der Waals surface area contributed by atoms with Gasteiger partial charge in [0, 0.05) is 0 Å². The van der Waals surface area contributed by atoms with Gasteiger partial charge in [-0.1, -0.05) is 12.8 Å². The Morgan fingerprint density at radius 2 is 0.875 bits per heavy atom. The van der Waals surface area contributed by atoms with E-state index in [0.29, 0.717) is 0 Å². The van der Waals surface area contributed by atoms with E-state index >= 15 is 0 Å². The molecule has 0 aromatic rings. The summed E-state index contributed by atoms with van der Waals surface area (Å²) in [7, 11) is -10.6. The number of hydrogen-bond donors (Lipinski definition) is 0. The van der Waals surface area contributed by atoms with Crippen LogP contribution in [0.15, 0.2) is 0 Å². The molecule has 0 aromatic heterocycles. The molecule has 0 atom stereocenters. The van der Waals surface area contributed by atoms with Gasteiger partial charge < -0.3 is 18.6 Å². The molecule has 0 saturated heterocycles. The van der Waals surface area contributed by atoms with Crippen LogP contribution in [-0.4, -0.2) is 50.5 Å². The van der Waals surface area contributed by atoms with Crippen LogP contribution in [0.2, 0.25) is 0 Å². The first-order valence-corrected chi connectivity index (χ1v) is 11.7. The second-order valence-corrected chi connectivity index (χ2v) is 8.28. The van der Waals surface area contributed by atoms with Gasteiger partial charge in [0.2, 0.25) is 20.8 Å². The van der Waals surface area contributed by atoms with E-state index < -0.39 is 33.1 Å². The number of rotatable bonds is 5. The predicted octanol–water partition coefficient (Wildman–Crippen LogP) is -4.26. The normalized spacial score (nSPS) is 17.3. The summed E-state index contributed by atoms with van der Waals surface area (Å²) in [6.45, 7) is 0. The van der Waals surface area contributed by atoms with Gasteiger partial charge in [0.05, 0.1) is 0 Å². The van der Waals surface area contributed by atoms with Crippen LogP contribution in [0.5, 0.6) is 0 Å². The van der Waals surface area contributed by atoms with E-state index in [-0.39, 0.29) is 115 Å². The van der Waals surface area contributed by atoms with Crippen molar-refractivity contribution in [2.75, 3.05) is 0 Å². The van der Waals surface area contributed by atoms with E-state index in [2.05, 4.69) is 18.4 Å². The van der Waals surface area contributed by atoms with Gasteiger partial charge in [0.1, 0.15) is 12.2 Å². The van der Waals surface area contributed by atoms with Crippen LogP contribution in [0.1, 0.15) is 64.2 Å². The number of ether oxygens (including phenoxy) is 2. The van der Waals surface area contributed by atoms with Gasteiger partial charge >= 0.3 is 115 Å². The number of carbonyl (C=O) groups excluding carboxylic acids is 2. The van der Waals surface area contributed by atoms with Crippen LogP contribution in [-0.2, 0) is 48.7 Å². The molecular formula is C14H22K2O14S2. The zero-order valence-corrected chi connectivity index (χ0v) is 25.6. The first-order valence-electron chi connectivity index (χ1n) is 9.00. The van der Waals surface area contributed by atoms with Crippen molar-refractivity contribution in [3.63, 3.8) is 0 Å². The minimum atomic E-state index is -5.31. The second kappa shape index (κ2) is 18.8. The standard InChI is InChI=1S/C14H22O6.2K.H2O8S2/c15-13(17-11-7-3-1-4-8-11)19-20-14(16)18-12-9-5-2-6-10-12;;;1-9(2,3)7-8-10(4,5)6/h11-12H,1-10H2;;;(H,1,2,3)(H,4,5,6)/q;2*+1;/p-2. The fraction of sp³-hybridized carbons (Fsp3) is 0.857. The Kier molecular flexibility index (Phi) is 20.9. The molecule has 0 aromatic carbocycles. The van der Waals surface area contributed by atoms with Crippen LogP contribution >= 0.6 is 0 Å². The summed E-state index contributed by atoms with van der Waals surface area (Å²) in [6, 6.07) is 0. The van der Waals surface area contributed by atoms with Gasteiger partial charge in [0.15, 0.2) is 0 Å². The molecule has 0 amide bonds. The van der Waals surface area contributed by atoms with E-state index in [4.69, 9.17) is 9.47 Å². The Balaban J connectivity index is 0. The molecule has 2 aliphatic carbocycles. The van der Waals surface area contributed by atoms with Crippen molar-refractivity contribution in [3.05, 3.63) is 0 Å². The second-order valence-electron chi connectivity index (χ2n) is 6.37. The topological polar surface area (TPSA) is 204 Å². The minimum absolute atomic E-state index is 0. The molecular weight excluding hydrogens is 534 g/mol. The quantitative estimate of drug-likeness (QED) is 0.0785. The Labute approximate surface area is 271 Å². The van der Waals surface area contributed by atoms with Crippen LogP contribution in [0, 0.1) is 0 Å². The van der Waals surface area contributed by atoms with Crippen molar-refractivity contribution >= 4 is 33.1 Å². The Morgan fingerprint density at radius 3 is 1.12 bits per heavy atom. The molecule has 18 heteroatoms. The van der Waals surface area contributed by atoms with Crippen molar-refractivity contribution < 1.29 is 166 Å². The molecule has 0 unspecified atom stereocenters. The summed E-state index contributed by atoms with van der Waals surface area (Å²) in [5.41, 5.74) is 0. The third-order valence-electron chi connectivity index (χ3n) is 4.00. The summed E-state index contributed by atoms with van der Waals surface area (Å²) < 4.78 is 71.5. The molecule has 0 bridgehead atoms.